The summed E-state index contributed by atoms with van der Waals surface area (Å²) in [5.74, 6) is 0.633. The molecule has 1 saturated heterocycles. The Hall–Kier alpha value is -2.71. The Bertz CT molecular complexity index is 947. The van der Waals surface area contributed by atoms with Crippen LogP contribution in [0.25, 0.3) is 0 Å². The Kier molecular flexibility index (Phi) is 6.76. The van der Waals surface area contributed by atoms with E-state index >= 15 is 0 Å². The van der Waals surface area contributed by atoms with Gasteiger partial charge < -0.3 is 4.90 Å². The predicted octanol–water partition coefficient (Wildman–Crippen LogP) is 3.58. The first-order valence-corrected chi connectivity index (χ1v) is 11.0. The number of benzene rings is 2. The second-order valence-electron chi connectivity index (χ2n) is 7.32. The molecule has 6 nitrogen and oxygen atoms in total. The molecule has 2 heterocycles. The van der Waals surface area contributed by atoms with Crippen LogP contribution in [0, 0.1) is 5.82 Å². The first kappa shape index (κ1) is 20.6. The molecule has 0 spiro atoms. The van der Waals surface area contributed by atoms with Gasteiger partial charge >= 0.3 is 0 Å². The molecule has 0 atom stereocenters. The van der Waals surface area contributed by atoms with Crippen LogP contribution < -0.4 is 0 Å². The van der Waals surface area contributed by atoms with Crippen LogP contribution in [0.4, 0.5) is 4.39 Å². The van der Waals surface area contributed by atoms with E-state index in [9.17, 15) is 9.18 Å². The quantitative estimate of drug-likeness (QED) is 0.612. The van der Waals surface area contributed by atoms with Gasteiger partial charge in [-0.05, 0) is 41.8 Å². The number of hydrogen-bond donors (Lipinski definition) is 1. The Labute approximate surface area is 179 Å². The molecule has 1 aliphatic heterocycles. The number of carbonyl (C=O) groups is 1. The van der Waals surface area contributed by atoms with Crippen LogP contribution in [0.5, 0.6) is 0 Å². The van der Waals surface area contributed by atoms with Crippen molar-refractivity contribution in [2.24, 2.45) is 0 Å². The molecular formula is C22H24FN5OS. The molecule has 156 valence electrons. The molecule has 1 aliphatic rings. The van der Waals surface area contributed by atoms with Crippen molar-refractivity contribution in [3.63, 3.8) is 0 Å². The molecule has 1 amide bonds. The molecular weight excluding hydrogens is 401 g/mol. The summed E-state index contributed by atoms with van der Waals surface area (Å²) >= 11 is 1.58. The van der Waals surface area contributed by atoms with E-state index in [1.165, 1.54) is 18.5 Å². The van der Waals surface area contributed by atoms with Crippen molar-refractivity contribution in [2.75, 3.05) is 26.2 Å². The van der Waals surface area contributed by atoms with Gasteiger partial charge in [-0.15, -0.1) is 0 Å². The third-order valence-electron chi connectivity index (χ3n) is 5.16. The fourth-order valence-corrected chi connectivity index (χ4v) is 4.26. The monoisotopic (exact) mass is 425 g/mol. The number of halogens is 1. The number of carbonyl (C=O) groups excluding carboxylic acids is 1. The minimum absolute atomic E-state index is 0.0769. The maximum Gasteiger partial charge on any atom is 0.253 e. The van der Waals surface area contributed by atoms with Gasteiger partial charge in [-0.2, -0.15) is 5.10 Å². The van der Waals surface area contributed by atoms with Crippen molar-refractivity contribution in [3.05, 3.63) is 77.4 Å². The number of aromatic amines is 1. The summed E-state index contributed by atoms with van der Waals surface area (Å²) in [6.45, 7) is 3.97. The molecule has 3 aromatic rings. The summed E-state index contributed by atoms with van der Waals surface area (Å²) in [5, 5.41) is 7.45. The van der Waals surface area contributed by atoms with E-state index in [0.29, 0.717) is 6.54 Å². The third kappa shape index (κ3) is 5.46. The third-order valence-corrected chi connectivity index (χ3v) is 6.11. The SMILES string of the molecule is O=C(c1ccc(CSc2ncn[nH]2)cc1)N1CCCN(Cc2ccc(F)cc2)CC1. The van der Waals surface area contributed by atoms with Gasteiger partial charge in [0.05, 0.1) is 0 Å². The number of nitrogens with zero attached hydrogens (tertiary/aromatic N) is 4. The van der Waals surface area contributed by atoms with Crippen molar-refractivity contribution >= 4 is 17.7 Å². The predicted molar refractivity (Wildman–Crippen MR) is 115 cm³/mol. The van der Waals surface area contributed by atoms with E-state index in [4.69, 9.17) is 0 Å². The Morgan fingerprint density at radius 2 is 1.77 bits per heavy atom. The van der Waals surface area contributed by atoms with E-state index in [1.54, 1.807) is 11.8 Å². The maximum absolute atomic E-state index is 13.1. The number of H-pyrrole nitrogens is 1. The van der Waals surface area contributed by atoms with Gasteiger partial charge in [-0.1, -0.05) is 36.0 Å². The number of nitrogens with one attached hydrogen (secondary N) is 1. The summed E-state index contributed by atoms with van der Waals surface area (Å²) in [6.07, 6.45) is 2.42. The van der Waals surface area contributed by atoms with Gasteiger partial charge in [0.1, 0.15) is 12.1 Å². The molecule has 1 fully saturated rings. The lowest BCUT2D eigenvalue weighted by Gasteiger charge is -2.22. The number of rotatable bonds is 6. The Morgan fingerprint density at radius 3 is 2.50 bits per heavy atom. The van der Waals surface area contributed by atoms with E-state index in [-0.39, 0.29) is 11.7 Å². The smallest absolute Gasteiger partial charge is 0.253 e. The lowest BCUT2D eigenvalue weighted by molar-refractivity contribution is 0.0761. The summed E-state index contributed by atoms with van der Waals surface area (Å²) in [5.41, 5.74) is 2.94. The van der Waals surface area contributed by atoms with Gasteiger partial charge in [0.2, 0.25) is 0 Å². The summed E-state index contributed by atoms with van der Waals surface area (Å²) in [4.78, 5) is 21.3. The van der Waals surface area contributed by atoms with Gasteiger partial charge in [0, 0.05) is 44.0 Å². The highest BCUT2D eigenvalue weighted by Gasteiger charge is 2.20. The van der Waals surface area contributed by atoms with Crippen LogP contribution in [-0.2, 0) is 12.3 Å². The number of hydrogen-bond acceptors (Lipinski definition) is 5. The first-order valence-electron chi connectivity index (χ1n) is 10.0. The second-order valence-corrected chi connectivity index (χ2v) is 8.29. The second kappa shape index (κ2) is 9.86. The minimum Gasteiger partial charge on any atom is -0.337 e. The molecule has 0 radical (unpaired) electrons. The molecule has 0 bridgehead atoms. The fraction of sp³-hybridized carbons (Fsp3) is 0.318. The van der Waals surface area contributed by atoms with E-state index in [1.807, 2.05) is 41.3 Å². The Morgan fingerprint density at radius 1 is 1.00 bits per heavy atom. The first-order chi connectivity index (χ1) is 14.7. The van der Waals surface area contributed by atoms with Gasteiger partial charge in [-0.25, -0.2) is 9.37 Å². The number of aromatic nitrogens is 3. The van der Waals surface area contributed by atoms with Gasteiger partial charge in [0.15, 0.2) is 5.16 Å². The molecule has 4 rings (SSSR count). The van der Waals surface area contributed by atoms with Crippen LogP contribution in [0.15, 0.2) is 60.0 Å². The summed E-state index contributed by atoms with van der Waals surface area (Å²) in [7, 11) is 0. The van der Waals surface area contributed by atoms with Crippen LogP contribution in [0.3, 0.4) is 0 Å². The highest BCUT2D eigenvalue weighted by molar-refractivity contribution is 7.98. The van der Waals surface area contributed by atoms with Crippen molar-refractivity contribution in [2.45, 2.75) is 23.9 Å². The van der Waals surface area contributed by atoms with Gasteiger partial charge in [-0.3, -0.25) is 14.8 Å². The molecule has 1 aromatic heterocycles. The molecule has 30 heavy (non-hydrogen) atoms. The van der Waals surface area contributed by atoms with Gasteiger partial charge in [0.25, 0.3) is 5.91 Å². The van der Waals surface area contributed by atoms with Crippen LogP contribution in [0.2, 0.25) is 0 Å². The lowest BCUT2D eigenvalue weighted by atomic mass is 10.1. The maximum atomic E-state index is 13.1. The lowest BCUT2D eigenvalue weighted by Crippen LogP contribution is -2.35. The van der Waals surface area contributed by atoms with E-state index in [0.717, 1.165) is 60.2 Å². The minimum atomic E-state index is -0.214. The van der Waals surface area contributed by atoms with Crippen molar-refractivity contribution < 1.29 is 9.18 Å². The van der Waals surface area contributed by atoms with E-state index in [2.05, 4.69) is 20.1 Å². The normalized spacial score (nSPS) is 15.2. The largest absolute Gasteiger partial charge is 0.337 e. The zero-order valence-corrected chi connectivity index (χ0v) is 17.4. The topological polar surface area (TPSA) is 65.1 Å². The standard InChI is InChI=1S/C22H24FN5OS/c23-20-8-4-17(5-9-20)14-27-10-1-11-28(13-12-27)21(29)19-6-2-18(3-7-19)15-30-22-24-16-25-26-22/h2-9,16H,1,10-15H2,(H,24,25,26). The summed E-state index contributed by atoms with van der Waals surface area (Å²) in [6, 6.07) is 14.4. The molecule has 0 aliphatic carbocycles. The zero-order chi connectivity index (χ0) is 20.8. The van der Waals surface area contributed by atoms with Crippen LogP contribution in [0.1, 0.15) is 27.9 Å². The summed E-state index contributed by atoms with van der Waals surface area (Å²) < 4.78 is 13.1. The molecule has 8 heteroatoms. The highest BCUT2D eigenvalue weighted by Crippen LogP contribution is 2.19. The van der Waals surface area contributed by atoms with Crippen molar-refractivity contribution in [1.29, 1.82) is 0 Å². The van der Waals surface area contributed by atoms with Crippen molar-refractivity contribution in [3.8, 4) is 0 Å². The molecule has 0 saturated carbocycles. The average molecular weight is 426 g/mol. The van der Waals surface area contributed by atoms with Crippen LogP contribution >= 0.6 is 11.8 Å². The molecule has 2 aromatic carbocycles. The van der Waals surface area contributed by atoms with Crippen molar-refractivity contribution in [1.82, 2.24) is 25.0 Å². The van der Waals surface area contributed by atoms with Crippen LogP contribution in [-0.4, -0.2) is 57.1 Å². The zero-order valence-electron chi connectivity index (χ0n) is 16.6. The van der Waals surface area contributed by atoms with E-state index < -0.39 is 0 Å². The Balaban J connectivity index is 1.30. The number of thioether (sulfide) groups is 1. The molecule has 0 unspecified atom stereocenters. The fourth-order valence-electron chi connectivity index (χ4n) is 3.52. The number of amides is 1. The highest BCUT2D eigenvalue weighted by atomic mass is 32.2. The molecule has 1 N–H and O–H groups in total. The average Bonchev–Trinajstić information content (AvgIpc) is 3.19.